The predicted octanol–water partition coefficient (Wildman–Crippen LogP) is 1.54. The first-order valence-corrected chi connectivity index (χ1v) is 5.18. The molecule has 1 aromatic heterocycles. The number of rotatable bonds is 4. The Bertz CT molecular complexity index is 358. The molecule has 2 rings (SSSR count). The van der Waals surface area contributed by atoms with Crippen LogP contribution in [0.5, 0.6) is 0 Å². The number of hydrogen-bond donors (Lipinski definition) is 2. The van der Waals surface area contributed by atoms with E-state index in [2.05, 4.69) is 5.32 Å². The second-order valence-corrected chi connectivity index (χ2v) is 4.02. The molecule has 2 N–H and O–H groups in total. The third-order valence-electron chi connectivity index (χ3n) is 2.93. The smallest absolute Gasteiger partial charge is 0.308 e. The molecule has 0 aliphatic heterocycles. The van der Waals surface area contributed by atoms with Gasteiger partial charge < -0.3 is 14.8 Å². The molecule has 0 saturated heterocycles. The van der Waals surface area contributed by atoms with Crippen molar-refractivity contribution in [3.8, 4) is 0 Å². The van der Waals surface area contributed by atoms with Crippen LogP contribution in [-0.4, -0.2) is 17.1 Å². The summed E-state index contributed by atoms with van der Waals surface area (Å²) < 4.78 is 5.39. The SMILES string of the molecule is Cc1ccc(CNC2CCC2C(=O)O)o1. The summed E-state index contributed by atoms with van der Waals surface area (Å²) in [5.74, 6) is 0.828. The molecule has 1 heterocycles. The van der Waals surface area contributed by atoms with Crippen molar-refractivity contribution in [2.24, 2.45) is 5.92 Å². The summed E-state index contributed by atoms with van der Waals surface area (Å²) in [6, 6.07) is 3.93. The van der Waals surface area contributed by atoms with Gasteiger partial charge in [0.25, 0.3) is 0 Å². The Hall–Kier alpha value is -1.29. The lowest BCUT2D eigenvalue weighted by atomic mass is 9.79. The Balaban J connectivity index is 1.81. The second kappa shape index (κ2) is 4.06. The zero-order valence-electron chi connectivity index (χ0n) is 8.69. The van der Waals surface area contributed by atoms with Crippen molar-refractivity contribution in [2.45, 2.75) is 32.4 Å². The van der Waals surface area contributed by atoms with E-state index < -0.39 is 5.97 Å². The summed E-state index contributed by atoms with van der Waals surface area (Å²) in [7, 11) is 0. The van der Waals surface area contributed by atoms with Crippen molar-refractivity contribution in [3.05, 3.63) is 23.7 Å². The zero-order valence-corrected chi connectivity index (χ0v) is 8.69. The molecular formula is C11H15NO3. The fourth-order valence-electron chi connectivity index (χ4n) is 1.85. The van der Waals surface area contributed by atoms with Gasteiger partial charge in [-0.05, 0) is 31.9 Å². The van der Waals surface area contributed by atoms with E-state index in [9.17, 15) is 4.79 Å². The number of aliphatic carboxylic acids is 1. The van der Waals surface area contributed by atoms with Gasteiger partial charge in [-0.2, -0.15) is 0 Å². The maximum absolute atomic E-state index is 10.7. The highest BCUT2D eigenvalue weighted by Crippen LogP contribution is 2.27. The van der Waals surface area contributed by atoms with Crippen LogP contribution in [0.15, 0.2) is 16.5 Å². The minimum absolute atomic E-state index is 0.105. The van der Waals surface area contributed by atoms with E-state index in [4.69, 9.17) is 9.52 Å². The Kier molecular flexibility index (Phi) is 2.77. The van der Waals surface area contributed by atoms with Gasteiger partial charge in [0.2, 0.25) is 0 Å². The summed E-state index contributed by atoms with van der Waals surface area (Å²) in [5, 5.41) is 12.0. The molecular weight excluding hydrogens is 194 g/mol. The third kappa shape index (κ3) is 2.21. The monoisotopic (exact) mass is 209 g/mol. The lowest BCUT2D eigenvalue weighted by molar-refractivity contribution is -0.146. The predicted molar refractivity (Wildman–Crippen MR) is 54.4 cm³/mol. The highest BCUT2D eigenvalue weighted by Gasteiger charge is 2.36. The molecule has 0 radical (unpaired) electrons. The first-order chi connectivity index (χ1) is 7.16. The lowest BCUT2D eigenvalue weighted by Gasteiger charge is -2.33. The Morgan fingerprint density at radius 3 is 2.87 bits per heavy atom. The summed E-state index contributed by atoms with van der Waals surface area (Å²) in [5.41, 5.74) is 0. The minimum atomic E-state index is -0.700. The summed E-state index contributed by atoms with van der Waals surface area (Å²) in [4.78, 5) is 10.7. The van der Waals surface area contributed by atoms with Crippen LogP contribution in [0.25, 0.3) is 0 Å². The Morgan fingerprint density at radius 1 is 1.60 bits per heavy atom. The zero-order chi connectivity index (χ0) is 10.8. The summed E-state index contributed by atoms with van der Waals surface area (Å²) in [6.07, 6.45) is 1.72. The fraction of sp³-hybridized carbons (Fsp3) is 0.545. The standard InChI is InChI=1S/C11H15NO3/c1-7-2-3-8(15-7)6-12-10-5-4-9(10)11(13)14/h2-3,9-10,12H,4-6H2,1H3,(H,13,14). The molecule has 0 spiro atoms. The van der Waals surface area contributed by atoms with Crippen molar-refractivity contribution in [1.82, 2.24) is 5.32 Å². The van der Waals surface area contributed by atoms with E-state index in [1.807, 2.05) is 19.1 Å². The van der Waals surface area contributed by atoms with Crippen LogP contribution in [0, 0.1) is 12.8 Å². The first kappa shape index (κ1) is 10.2. The Morgan fingerprint density at radius 2 is 2.40 bits per heavy atom. The number of furan rings is 1. The molecule has 2 atom stereocenters. The second-order valence-electron chi connectivity index (χ2n) is 4.02. The van der Waals surface area contributed by atoms with Crippen LogP contribution in [0.1, 0.15) is 24.4 Å². The Labute approximate surface area is 88.3 Å². The quantitative estimate of drug-likeness (QED) is 0.789. The summed E-state index contributed by atoms with van der Waals surface area (Å²) >= 11 is 0. The molecule has 0 bridgehead atoms. The van der Waals surface area contributed by atoms with E-state index in [1.165, 1.54) is 0 Å². The van der Waals surface area contributed by atoms with Crippen LogP contribution in [0.3, 0.4) is 0 Å². The van der Waals surface area contributed by atoms with Crippen LogP contribution < -0.4 is 5.32 Å². The van der Waals surface area contributed by atoms with Crippen LogP contribution in [0.2, 0.25) is 0 Å². The fourth-order valence-corrected chi connectivity index (χ4v) is 1.85. The van der Waals surface area contributed by atoms with Gasteiger partial charge in [-0.3, -0.25) is 4.79 Å². The van der Waals surface area contributed by atoms with Gasteiger partial charge in [0.05, 0.1) is 12.5 Å². The molecule has 0 aromatic carbocycles. The van der Waals surface area contributed by atoms with Gasteiger partial charge in [-0.1, -0.05) is 0 Å². The van der Waals surface area contributed by atoms with Crippen molar-refractivity contribution in [3.63, 3.8) is 0 Å². The average Bonchev–Trinajstić information content (AvgIpc) is 2.48. The normalized spacial score (nSPS) is 24.9. The number of aryl methyl sites for hydroxylation is 1. The highest BCUT2D eigenvalue weighted by atomic mass is 16.4. The number of carbonyl (C=O) groups is 1. The van der Waals surface area contributed by atoms with Gasteiger partial charge in [0.1, 0.15) is 11.5 Å². The summed E-state index contributed by atoms with van der Waals surface area (Å²) in [6.45, 7) is 2.51. The van der Waals surface area contributed by atoms with E-state index in [0.717, 1.165) is 24.4 Å². The molecule has 1 aliphatic rings. The largest absolute Gasteiger partial charge is 0.481 e. The number of carboxylic acid groups (broad SMARTS) is 1. The van der Waals surface area contributed by atoms with Crippen molar-refractivity contribution < 1.29 is 14.3 Å². The average molecular weight is 209 g/mol. The number of hydrogen-bond acceptors (Lipinski definition) is 3. The highest BCUT2D eigenvalue weighted by molar-refractivity contribution is 5.72. The lowest BCUT2D eigenvalue weighted by Crippen LogP contribution is -2.47. The van der Waals surface area contributed by atoms with E-state index in [-0.39, 0.29) is 12.0 Å². The van der Waals surface area contributed by atoms with Crippen LogP contribution in [0.4, 0.5) is 0 Å². The van der Waals surface area contributed by atoms with Gasteiger partial charge >= 0.3 is 5.97 Å². The third-order valence-corrected chi connectivity index (χ3v) is 2.93. The molecule has 4 heteroatoms. The van der Waals surface area contributed by atoms with Crippen LogP contribution >= 0.6 is 0 Å². The van der Waals surface area contributed by atoms with E-state index in [1.54, 1.807) is 0 Å². The molecule has 82 valence electrons. The van der Waals surface area contributed by atoms with Crippen LogP contribution in [-0.2, 0) is 11.3 Å². The first-order valence-electron chi connectivity index (χ1n) is 5.18. The topological polar surface area (TPSA) is 62.5 Å². The van der Waals surface area contributed by atoms with Gasteiger partial charge in [0, 0.05) is 6.04 Å². The molecule has 4 nitrogen and oxygen atoms in total. The molecule has 1 aliphatic carbocycles. The van der Waals surface area contributed by atoms with Gasteiger partial charge in [-0.15, -0.1) is 0 Å². The van der Waals surface area contributed by atoms with Gasteiger partial charge in [-0.25, -0.2) is 0 Å². The van der Waals surface area contributed by atoms with Crippen molar-refractivity contribution in [1.29, 1.82) is 0 Å². The molecule has 2 unspecified atom stereocenters. The molecule has 1 saturated carbocycles. The van der Waals surface area contributed by atoms with Crippen molar-refractivity contribution in [2.75, 3.05) is 0 Å². The molecule has 1 fully saturated rings. The minimum Gasteiger partial charge on any atom is -0.481 e. The van der Waals surface area contributed by atoms with E-state index >= 15 is 0 Å². The van der Waals surface area contributed by atoms with Crippen molar-refractivity contribution >= 4 is 5.97 Å². The van der Waals surface area contributed by atoms with E-state index in [0.29, 0.717) is 6.54 Å². The molecule has 1 aromatic rings. The molecule has 15 heavy (non-hydrogen) atoms. The maximum atomic E-state index is 10.7. The number of carboxylic acids is 1. The maximum Gasteiger partial charge on any atom is 0.308 e. The number of nitrogens with one attached hydrogen (secondary N) is 1. The molecule has 0 amide bonds. The van der Waals surface area contributed by atoms with Gasteiger partial charge in [0.15, 0.2) is 0 Å².